The summed E-state index contributed by atoms with van der Waals surface area (Å²) in [5.74, 6) is 0.990. The van der Waals surface area contributed by atoms with Crippen molar-refractivity contribution in [1.29, 1.82) is 5.26 Å². The summed E-state index contributed by atoms with van der Waals surface area (Å²) in [7, 11) is 3.88. The topological polar surface area (TPSA) is 83.9 Å². The molecule has 0 amide bonds. The molecular weight excluding hydrogens is 491 g/mol. The Kier molecular flexibility index (Phi) is 8.69. The number of aromatic amines is 1. The Morgan fingerprint density at radius 1 is 1.21 bits per heavy atom. The fourth-order valence-corrected chi connectivity index (χ4v) is 4.74. The van der Waals surface area contributed by atoms with E-state index in [9.17, 15) is 18.4 Å². The number of alkyl halides is 3. The lowest BCUT2D eigenvalue weighted by molar-refractivity contribution is -0.134. The van der Waals surface area contributed by atoms with Gasteiger partial charge in [-0.05, 0) is 69.6 Å². The Morgan fingerprint density at radius 3 is 2.66 bits per heavy atom. The molecule has 3 heterocycles. The summed E-state index contributed by atoms with van der Waals surface area (Å²) in [6.45, 7) is 5.41. The van der Waals surface area contributed by atoms with Gasteiger partial charge in [-0.1, -0.05) is 12.1 Å². The molecule has 0 spiro atoms. The quantitative estimate of drug-likeness (QED) is 0.395. The standard InChI is InChI=1S/C28H34F3N7/c1-19-20(6-7-25-24(19)15-23(17-32)33-25)18-38-13-9-21(10-14-38)34-27-16-22(8-11-28(29,30)31)35-26(36-27)5-4-12-37(2)3/h4-7,15-16,21,33H,8-14,18H2,1-3H3,(H,34,35,36)/b5-4+. The lowest BCUT2D eigenvalue weighted by Crippen LogP contribution is -2.39. The number of nitriles is 1. The van der Waals surface area contributed by atoms with Crippen LogP contribution in [0.5, 0.6) is 0 Å². The molecule has 2 aromatic heterocycles. The molecule has 1 saturated heterocycles. The van der Waals surface area contributed by atoms with Gasteiger partial charge < -0.3 is 15.2 Å². The van der Waals surface area contributed by atoms with E-state index in [2.05, 4.69) is 44.2 Å². The monoisotopic (exact) mass is 525 g/mol. The van der Waals surface area contributed by atoms with E-state index in [1.165, 1.54) is 11.1 Å². The molecule has 4 rings (SSSR count). The van der Waals surface area contributed by atoms with E-state index in [1.54, 1.807) is 12.1 Å². The number of aryl methyl sites for hydroxylation is 2. The second-order valence-corrected chi connectivity index (χ2v) is 10.2. The van der Waals surface area contributed by atoms with Crippen molar-refractivity contribution in [2.45, 2.75) is 51.4 Å². The van der Waals surface area contributed by atoms with E-state index in [0.717, 1.165) is 43.4 Å². The molecule has 202 valence electrons. The van der Waals surface area contributed by atoms with Crippen LogP contribution in [0.4, 0.5) is 19.0 Å². The fraction of sp³-hybridized carbons (Fsp3) is 0.464. The van der Waals surface area contributed by atoms with Crippen molar-refractivity contribution in [3.05, 3.63) is 58.7 Å². The molecule has 0 radical (unpaired) electrons. The summed E-state index contributed by atoms with van der Waals surface area (Å²) in [5, 5.41) is 13.7. The van der Waals surface area contributed by atoms with Crippen molar-refractivity contribution in [2.24, 2.45) is 0 Å². The molecule has 0 atom stereocenters. The highest BCUT2D eigenvalue weighted by Crippen LogP contribution is 2.26. The maximum Gasteiger partial charge on any atom is 0.389 e. The molecule has 10 heteroatoms. The predicted molar refractivity (Wildman–Crippen MR) is 144 cm³/mol. The van der Waals surface area contributed by atoms with Gasteiger partial charge in [-0.3, -0.25) is 4.90 Å². The van der Waals surface area contributed by atoms with Crippen LogP contribution in [-0.2, 0) is 13.0 Å². The molecule has 1 aromatic carbocycles. The van der Waals surface area contributed by atoms with Gasteiger partial charge in [0.1, 0.15) is 17.6 Å². The largest absolute Gasteiger partial charge is 0.389 e. The summed E-state index contributed by atoms with van der Waals surface area (Å²) in [5.41, 5.74) is 4.35. The zero-order valence-electron chi connectivity index (χ0n) is 22.1. The molecule has 3 aromatic rings. The van der Waals surface area contributed by atoms with Gasteiger partial charge >= 0.3 is 6.18 Å². The third-order valence-corrected chi connectivity index (χ3v) is 6.84. The average molecular weight is 526 g/mol. The Hall–Kier alpha value is -3.42. The SMILES string of the molecule is Cc1c(CN2CCC(Nc3cc(CCC(F)(F)F)nc(/C=C/CN(C)C)n3)CC2)ccc2[nH]c(C#N)cc12. The maximum atomic E-state index is 12.8. The number of anilines is 1. The zero-order valence-corrected chi connectivity index (χ0v) is 22.1. The van der Waals surface area contributed by atoms with Gasteiger partial charge in [0.25, 0.3) is 0 Å². The molecular formula is C28H34F3N7. The van der Waals surface area contributed by atoms with Crippen molar-refractivity contribution in [3.63, 3.8) is 0 Å². The molecule has 0 saturated carbocycles. The van der Waals surface area contributed by atoms with Crippen molar-refractivity contribution < 1.29 is 13.2 Å². The normalized spacial score (nSPS) is 15.5. The van der Waals surface area contributed by atoms with Crippen molar-refractivity contribution in [2.75, 3.05) is 39.0 Å². The van der Waals surface area contributed by atoms with Gasteiger partial charge in [0, 0.05) is 61.3 Å². The number of hydrogen-bond donors (Lipinski definition) is 2. The highest BCUT2D eigenvalue weighted by atomic mass is 19.4. The highest BCUT2D eigenvalue weighted by Gasteiger charge is 2.27. The van der Waals surface area contributed by atoms with Crippen LogP contribution < -0.4 is 5.32 Å². The number of nitrogens with zero attached hydrogens (tertiary/aromatic N) is 5. The first-order valence-corrected chi connectivity index (χ1v) is 12.9. The van der Waals surface area contributed by atoms with Crippen LogP contribution in [0.15, 0.2) is 30.3 Å². The van der Waals surface area contributed by atoms with Crippen LogP contribution in [-0.4, -0.2) is 70.7 Å². The van der Waals surface area contributed by atoms with Gasteiger partial charge in [0.15, 0.2) is 5.82 Å². The third-order valence-electron chi connectivity index (χ3n) is 6.84. The van der Waals surface area contributed by atoms with Crippen LogP contribution in [0.3, 0.4) is 0 Å². The Bertz CT molecular complexity index is 1310. The number of benzene rings is 1. The Morgan fingerprint density at radius 2 is 1.97 bits per heavy atom. The van der Waals surface area contributed by atoms with Crippen LogP contribution in [0.1, 0.15) is 47.6 Å². The Balaban J connectivity index is 1.39. The molecule has 1 fully saturated rings. The lowest BCUT2D eigenvalue weighted by Gasteiger charge is -2.33. The number of H-pyrrole nitrogens is 1. The van der Waals surface area contributed by atoms with E-state index >= 15 is 0 Å². The van der Waals surface area contributed by atoms with Gasteiger partial charge in [0.05, 0.1) is 0 Å². The van der Waals surface area contributed by atoms with Crippen LogP contribution >= 0.6 is 0 Å². The molecule has 0 aliphatic carbocycles. The van der Waals surface area contributed by atoms with Gasteiger partial charge in [-0.15, -0.1) is 0 Å². The Labute approximate surface area is 221 Å². The van der Waals surface area contributed by atoms with Crippen LogP contribution in [0, 0.1) is 18.3 Å². The van der Waals surface area contributed by atoms with Gasteiger partial charge in [0.2, 0.25) is 0 Å². The maximum absolute atomic E-state index is 12.8. The summed E-state index contributed by atoms with van der Waals surface area (Å²) >= 11 is 0. The minimum atomic E-state index is -4.23. The molecule has 0 unspecified atom stereocenters. The number of halogens is 3. The van der Waals surface area contributed by atoms with Crippen LogP contribution in [0.2, 0.25) is 0 Å². The van der Waals surface area contributed by atoms with E-state index in [0.29, 0.717) is 29.6 Å². The molecule has 7 nitrogen and oxygen atoms in total. The summed E-state index contributed by atoms with van der Waals surface area (Å²) in [6.07, 6.45) is 0.153. The fourth-order valence-electron chi connectivity index (χ4n) is 4.74. The molecule has 0 bridgehead atoms. The van der Waals surface area contributed by atoms with E-state index < -0.39 is 12.6 Å². The predicted octanol–water partition coefficient (Wildman–Crippen LogP) is 5.28. The highest BCUT2D eigenvalue weighted by molar-refractivity contribution is 5.85. The zero-order chi connectivity index (χ0) is 27.3. The number of likely N-dealkylation sites (tertiary alicyclic amines) is 1. The number of rotatable bonds is 9. The van der Waals surface area contributed by atoms with Gasteiger partial charge in [-0.25, -0.2) is 9.97 Å². The number of likely N-dealkylation sites (N-methyl/N-ethyl adjacent to an activating group) is 1. The number of piperidine rings is 1. The van der Waals surface area contributed by atoms with Crippen molar-refractivity contribution >= 4 is 22.8 Å². The number of fused-ring (bicyclic) bond motifs is 1. The average Bonchev–Trinajstić information content (AvgIpc) is 3.29. The minimum Gasteiger partial charge on any atom is -0.367 e. The summed E-state index contributed by atoms with van der Waals surface area (Å²) in [4.78, 5) is 16.4. The first-order valence-electron chi connectivity index (χ1n) is 12.9. The second kappa shape index (κ2) is 12.0. The first kappa shape index (κ1) is 27.6. The van der Waals surface area contributed by atoms with E-state index in [4.69, 9.17) is 0 Å². The van der Waals surface area contributed by atoms with Gasteiger partial charge in [-0.2, -0.15) is 18.4 Å². The second-order valence-electron chi connectivity index (χ2n) is 10.2. The van der Waals surface area contributed by atoms with Crippen LogP contribution in [0.25, 0.3) is 17.0 Å². The van der Waals surface area contributed by atoms with Crippen molar-refractivity contribution in [1.82, 2.24) is 24.8 Å². The lowest BCUT2D eigenvalue weighted by atomic mass is 10.0. The summed E-state index contributed by atoms with van der Waals surface area (Å²) in [6, 6.07) is 10.0. The van der Waals surface area contributed by atoms with E-state index in [-0.39, 0.29) is 12.5 Å². The minimum absolute atomic E-state index is 0.172. The first-order chi connectivity index (χ1) is 18.1. The number of aromatic nitrogens is 3. The third kappa shape index (κ3) is 7.55. The number of nitrogens with one attached hydrogen (secondary N) is 2. The number of hydrogen-bond acceptors (Lipinski definition) is 6. The van der Waals surface area contributed by atoms with Crippen molar-refractivity contribution in [3.8, 4) is 6.07 Å². The molecule has 1 aliphatic rings. The molecule has 1 aliphatic heterocycles. The summed E-state index contributed by atoms with van der Waals surface area (Å²) < 4.78 is 38.5. The molecule has 2 N–H and O–H groups in total. The smallest absolute Gasteiger partial charge is 0.367 e. The van der Waals surface area contributed by atoms with E-state index in [1.807, 2.05) is 37.2 Å². The molecule has 38 heavy (non-hydrogen) atoms.